The van der Waals surface area contributed by atoms with E-state index >= 15 is 0 Å². The number of rotatable bonds is 3. The van der Waals surface area contributed by atoms with E-state index in [1.54, 1.807) is 6.07 Å². The summed E-state index contributed by atoms with van der Waals surface area (Å²) in [6, 6.07) is 1.79. The van der Waals surface area contributed by atoms with Crippen LogP contribution in [0.5, 0.6) is 0 Å². The highest BCUT2D eigenvalue weighted by atomic mass is 79.9. The van der Waals surface area contributed by atoms with Crippen LogP contribution >= 0.6 is 39.9 Å². The summed E-state index contributed by atoms with van der Waals surface area (Å²) in [5.41, 5.74) is 0. The fraction of sp³-hybridized carbons (Fsp3) is 0.429. The minimum atomic E-state index is -0.821. The second kappa shape index (κ2) is 4.62. The summed E-state index contributed by atoms with van der Waals surface area (Å²) in [5.74, 6) is 0.261. The van der Waals surface area contributed by atoms with Gasteiger partial charge in [-0.3, -0.25) is 0 Å². The third-order valence-electron chi connectivity index (χ3n) is 1.43. The second-order valence-electron chi connectivity index (χ2n) is 2.36. The topological polar surface area (TPSA) is 40.5 Å². The van der Waals surface area contributed by atoms with Crippen LogP contribution in [-0.4, -0.2) is 22.1 Å². The van der Waals surface area contributed by atoms with E-state index in [9.17, 15) is 10.2 Å². The first kappa shape index (κ1) is 10.5. The molecule has 5 heteroatoms. The smallest absolute Gasteiger partial charge is 0.115 e. The average Bonchev–Trinajstić information content (AvgIpc) is 2.49. The van der Waals surface area contributed by atoms with E-state index in [1.165, 1.54) is 11.3 Å². The lowest BCUT2D eigenvalue weighted by Gasteiger charge is -2.13. The Bertz CT molecular complexity index is 251. The number of hydrogen-bond donors (Lipinski definition) is 3. The van der Waals surface area contributed by atoms with E-state index in [2.05, 4.69) is 28.6 Å². The molecule has 2 N–H and O–H groups in total. The molecule has 2 atom stereocenters. The summed E-state index contributed by atoms with van der Waals surface area (Å²) in [7, 11) is 0. The third kappa shape index (κ3) is 2.47. The Morgan fingerprint density at radius 3 is 2.67 bits per heavy atom. The molecule has 0 amide bonds. The Hall–Kier alpha value is 0.450. The molecule has 1 heterocycles. The highest BCUT2D eigenvalue weighted by molar-refractivity contribution is 9.10. The van der Waals surface area contributed by atoms with Gasteiger partial charge in [0.1, 0.15) is 6.10 Å². The van der Waals surface area contributed by atoms with Crippen molar-refractivity contribution < 1.29 is 10.2 Å². The quantitative estimate of drug-likeness (QED) is 0.733. The van der Waals surface area contributed by atoms with Crippen LogP contribution in [0.1, 0.15) is 11.0 Å². The van der Waals surface area contributed by atoms with E-state index in [0.29, 0.717) is 0 Å². The van der Waals surface area contributed by atoms with Gasteiger partial charge in [0.25, 0.3) is 0 Å². The van der Waals surface area contributed by atoms with Crippen molar-refractivity contribution in [1.82, 2.24) is 0 Å². The molecule has 0 aromatic carbocycles. The standard InChI is InChI=1S/C7H9BrO2S2/c8-4-1-6(12-3-4)7(10)5(9)2-11/h1,3,5,7,9-11H,2H2. The monoisotopic (exact) mass is 268 g/mol. The molecule has 0 bridgehead atoms. The Morgan fingerprint density at radius 2 is 2.25 bits per heavy atom. The number of thiophene rings is 1. The maximum absolute atomic E-state index is 9.49. The predicted molar refractivity (Wildman–Crippen MR) is 56.8 cm³/mol. The molecule has 68 valence electrons. The van der Waals surface area contributed by atoms with Crippen molar-refractivity contribution in [1.29, 1.82) is 0 Å². The number of aliphatic hydroxyl groups is 2. The lowest BCUT2D eigenvalue weighted by atomic mass is 10.2. The first-order valence-corrected chi connectivity index (χ1v) is 5.66. The van der Waals surface area contributed by atoms with Crippen molar-refractivity contribution in [3.63, 3.8) is 0 Å². The zero-order chi connectivity index (χ0) is 9.14. The van der Waals surface area contributed by atoms with Crippen LogP contribution in [0.15, 0.2) is 15.9 Å². The number of halogens is 1. The first-order chi connectivity index (χ1) is 5.65. The van der Waals surface area contributed by atoms with Crippen LogP contribution < -0.4 is 0 Å². The number of aliphatic hydroxyl groups excluding tert-OH is 2. The van der Waals surface area contributed by atoms with Crippen molar-refractivity contribution in [3.8, 4) is 0 Å². The van der Waals surface area contributed by atoms with Crippen LogP contribution in [0.3, 0.4) is 0 Å². The van der Waals surface area contributed by atoms with Crippen molar-refractivity contribution >= 4 is 39.9 Å². The van der Waals surface area contributed by atoms with Gasteiger partial charge in [-0.1, -0.05) is 0 Å². The zero-order valence-corrected chi connectivity index (χ0v) is 9.44. The molecule has 0 spiro atoms. The van der Waals surface area contributed by atoms with Crippen molar-refractivity contribution in [2.75, 3.05) is 5.75 Å². The molecule has 0 aliphatic heterocycles. The Labute approximate surface area is 88.8 Å². The maximum atomic E-state index is 9.49. The lowest BCUT2D eigenvalue weighted by Crippen LogP contribution is -2.18. The molecule has 1 rings (SSSR count). The largest absolute Gasteiger partial charge is 0.389 e. The molecule has 0 saturated heterocycles. The van der Waals surface area contributed by atoms with Crippen LogP contribution in [0, 0.1) is 0 Å². The molecule has 0 fully saturated rings. The minimum Gasteiger partial charge on any atom is -0.389 e. The molecule has 0 aliphatic carbocycles. The maximum Gasteiger partial charge on any atom is 0.115 e. The number of thiol groups is 1. The van der Waals surface area contributed by atoms with Gasteiger partial charge in [0, 0.05) is 20.5 Å². The SMILES string of the molecule is OC(CS)C(O)c1cc(Br)cs1. The third-order valence-corrected chi connectivity index (χ3v) is 3.57. The van der Waals surface area contributed by atoms with Crippen molar-refractivity contribution in [2.45, 2.75) is 12.2 Å². The van der Waals surface area contributed by atoms with Crippen LogP contribution in [0.2, 0.25) is 0 Å². The molecule has 0 aliphatic rings. The van der Waals surface area contributed by atoms with Gasteiger partial charge in [0.2, 0.25) is 0 Å². The molecule has 0 saturated carbocycles. The lowest BCUT2D eigenvalue weighted by molar-refractivity contribution is 0.0360. The summed E-state index contributed by atoms with van der Waals surface area (Å²) in [6.45, 7) is 0. The van der Waals surface area contributed by atoms with Gasteiger partial charge in [0.05, 0.1) is 6.10 Å². The molecule has 0 radical (unpaired) electrons. The normalized spacial score (nSPS) is 16.0. The van der Waals surface area contributed by atoms with E-state index in [4.69, 9.17) is 0 Å². The Kier molecular flexibility index (Phi) is 4.05. The zero-order valence-electron chi connectivity index (χ0n) is 6.14. The minimum absolute atomic E-state index is 0.261. The van der Waals surface area contributed by atoms with E-state index in [0.717, 1.165) is 9.35 Å². The van der Waals surface area contributed by atoms with Crippen LogP contribution in [0.25, 0.3) is 0 Å². The number of hydrogen-bond acceptors (Lipinski definition) is 4. The van der Waals surface area contributed by atoms with E-state index in [1.807, 2.05) is 5.38 Å². The average molecular weight is 269 g/mol. The van der Waals surface area contributed by atoms with Gasteiger partial charge < -0.3 is 10.2 Å². The summed E-state index contributed by atoms with van der Waals surface area (Å²) in [6.07, 6.45) is -1.61. The van der Waals surface area contributed by atoms with Crippen molar-refractivity contribution in [3.05, 3.63) is 20.8 Å². The predicted octanol–water partition coefficient (Wildman–Crippen LogP) is 1.83. The van der Waals surface area contributed by atoms with Crippen LogP contribution in [0.4, 0.5) is 0 Å². The summed E-state index contributed by atoms with van der Waals surface area (Å²) in [5, 5.41) is 20.6. The molecular weight excluding hydrogens is 260 g/mol. The second-order valence-corrected chi connectivity index (χ2v) is 4.59. The molecule has 1 aromatic rings. The van der Waals surface area contributed by atoms with Gasteiger partial charge in [0.15, 0.2) is 0 Å². The highest BCUT2D eigenvalue weighted by Crippen LogP contribution is 2.27. The summed E-state index contributed by atoms with van der Waals surface area (Å²) in [4.78, 5) is 0.753. The molecule has 12 heavy (non-hydrogen) atoms. The Morgan fingerprint density at radius 1 is 1.58 bits per heavy atom. The van der Waals surface area contributed by atoms with Gasteiger partial charge in [-0.15, -0.1) is 11.3 Å². The summed E-state index contributed by atoms with van der Waals surface area (Å²) >= 11 is 8.58. The molecule has 2 unspecified atom stereocenters. The van der Waals surface area contributed by atoms with Crippen LogP contribution in [-0.2, 0) is 0 Å². The highest BCUT2D eigenvalue weighted by Gasteiger charge is 2.18. The summed E-state index contributed by atoms with van der Waals surface area (Å²) < 4.78 is 0.924. The fourth-order valence-corrected chi connectivity index (χ4v) is 2.46. The van der Waals surface area contributed by atoms with E-state index in [-0.39, 0.29) is 5.75 Å². The molecule has 1 aromatic heterocycles. The van der Waals surface area contributed by atoms with Gasteiger partial charge in [-0.05, 0) is 22.0 Å². The van der Waals surface area contributed by atoms with Crippen molar-refractivity contribution in [2.24, 2.45) is 0 Å². The van der Waals surface area contributed by atoms with Gasteiger partial charge in [-0.25, -0.2) is 0 Å². The van der Waals surface area contributed by atoms with E-state index < -0.39 is 12.2 Å². The van der Waals surface area contributed by atoms with Gasteiger partial charge in [-0.2, -0.15) is 12.6 Å². The Balaban J connectivity index is 2.70. The molecule has 2 nitrogen and oxygen atoms in total. The van der Waals surface area contributed by atoms with Gasteiger partial charge >= 0.3 is 0 Å². The fourth-order valence-electron chi connectivity index (χ4n) is 0.773. The first-order valence-electron chi connectivity index (χ1n) is 3.36. The molecular formula is C7H9BrO2S2.